The molecule has 4 aromatic carbocycles. The molecule has 0 spiro atoms. The maximum atomic E-state index is 13.1. The van der Waals surface area contributed by atoms with Crippen LogP contribution >= 0.6 is 0 Å². The smallest absolute Gasteiger partial charge is 0.342 e. The van der Waals surface area contributed by atoms with E-state index < -0.39 is 23.3 Å². The highest BCUT2D eigenvalue weighted by Crippen LogP contribution is 2.29. The summed E-state index contributed by atoms with van der Waals surface area (Å²) in [5, 5.41) is 14.3. The van der Waals surface area contributed by atoms with Crippen LogP contribution in [0.15, 0.2) is 96.1 Å². The third kappa shape index (κ3) is 8.03. The number of para-hydroxylation sites is 1. The molecule has 0 aliphatic carbocycles. The number of ether oxygens (including phenoxy) is 3. The summed E-state index contributed by atoms with van der Waals surface area (Å²) in [5.74, 6) is 4.80. The topological polar surface area (TPSA) is 200 Å². The Morgan fingerprint density at radius 1 is 0.980 bits per heavy atom. The molecule has 0 aliphatic rings. The van der Waals surface area contributed by atoms with Crippen LogP contribution in [0.25, 0.3) is 22.2 Å². The van der Waals surface area contributed by atoms with Crippen molar-refractivity contribution in [3.8, 4) is 17.1 Å². The second-order valence-corrected chi connectivity index (χ2v) is 10.9. The van der Waals surface area contributed by atoms with Gasteiger partial charge in [-0.2, -0.15) is 10.1 Å². The fourth-order valence-corrected chi connectivity index (χ4v) is 5.13. The number of rotatable bonds is 14. The first-order valence-electron chi connectivity index (χ1n) is 15.4. The summed E-state index contributed by atoms with van der Waals surface area (Å²) in [6.07, 6.45) is -0.729. The van der Waals surface area contributed by atoms with Crippen LogP contribution in [0, 0.1) is 10.1 Å². The zero-order valence-corrected chi connectivity index (χ0v) is 27.5. The summed E-state index contributed by atoms with van der Waals surface area (Å²) in [7, 11) is 1.46. The average Bonchev–Trinajstić information content (AvgIpc) is 3.47. The molecule has 4 N–H and O–H groups in total. The number of hydrogen-bond acceptors (Lipinski definition) is 11. The fraction of sp³-hybridized carbons (Fsp3) is 0.200. The van der Waals surface area contributed by atoms with Gasteiger partial charge < -0.3 is 24.8 Å². The SMILES string of the molecule is CCOc1nc2cccc(C(=O)OC(C)OC)c2n1Cc1ccc(-c2ccccc2/C(N)=N/N(N)C(=O)c2ccc(CO[N+](=O)[O-])cc2)cc1. The molecule has 1 atom stereocenters. The summed E-state index contributed by atoms with van der Waals surface area (Å²) in [6.45, 7) is 3.96. The van der Waals surface area contributed by atoms with Crippen molar-refractivity contribution >= 4 is 28.7 Å². The molecule has 15 nitrogen and oxygen atoms in total. The summed E-state index contributed by atoms with van der Waals surface area (Å²) >= 11 is 0. The molecule has 258 valence electrons. The van der Waals surface area contributed by atoms with E-state index in [-0.39, 0.29) is 18.0 Å². The molecule has 0 fully saturated rings. The number of hydrogen-bond donors (Lipinski definition) is 2. The molecule has 0 saturated heterocycles. The number of hydrazone groups is 1. The molecular formula is C35H35N7O8. The monoisotopic (exact) mass is 681 g/mol. The summed E-state index contributed by atoms with van der Waals surface area (Å²) in [5.41, 5.74) is 11.6. The molecule has 1 aromatic heterocycles. The Labute approximate surface area is 286 Å². The van der Waals surface area contributed by atoms with Gasteiger partial charge in [0.05, 0.1) is 29.7 Å². The minimum absolute atomic E-state index is 0.00461. The molecule has 0 radical (unpaired) electrons. The third-order valence-corrected chi connectivity index (χ3v) is 7.60. The second-order valence-electron chi connectivity index (χ2n) is 10.9. The van der Waals surface area contributed by atoms with Gasteiger partial charge in [-0.1, -0.05) is 66.7 Å². The van der Waals surface area contributed by atoms with Crippen LogP contribution in [-0.2, 0) is 27.5 Å². The van der Waals surface area contributed by atoms with E-state index in [0.717, 1.165) is 16.7 Å². The van der Waals surface area contributed by atoms with Gasteiger partial charge in [0.15, 0.2) is 12.1 Å². The largest absolute Gasteiger partial charge is 0.465 e. The van der Waals surface area contributed by atoms with E-state index >= 15 is 0 Å². The molecule has 50 heavy (non-hydrogen) atoms. The molecule has 0 saturated carbocycles. The Morgan fingerprint density at radius 2 is 1.66 bits per heavy atom. The maximum absolute atomic E-state index is 13.1. The van der Waals surface area contributed by atoms with Crippen molar-refractivity contribution in [2.75, 3.05) is 13.7 Å². The molecule has 0 aliphatic heterocycles. The molecule has 15 heteroatoms. The number of methoxy groups -OCH3 is 1. The van der Waals surface area contributed by atoms with Crippen molar-refractivity contribution in [2.24, 2.45) is 16.7 Å². The van der Waals surface area contributed by atoms with Crippen molar-refractivity contribution in [2.45, 2.75) is 33.3 Å². The van der Waals surface area contributed by atoms with E-state index in [4.69, 9.17) is 25.8 Å². The number of carbonyl (C=O) groups excluding carboxylic acids is 2. The van der Waals surface area contributed by atoms with Gasteiger partial charge in [-0.15, -0.1) is 15.2 Å². The number of nitrogens with two attached hydrogens (primary N) is 2. The Hall–Kier alpha value is -6.32. The first-order chi connectivity index (χ1) is 24.1. The highest BCUT2D eigenvalue weighted by molar-refractivity contribution is 6.05. The normalized spacial score (nSPS) is 12.0. The van der Waals surface area contributed by atoms with Crippen molar-refractivity contribution in [3.05, 3.63) is 129 Å². The minimum Gasteiger partial charge on any atom is -0.465 e. The van der Waals surface area contributed by atoms with Gasteiger partial charge in [-0.05, 0) is 60.4 Å². The Balaban J connectivity index is 1.38. The van der Waals surface area contributed by atoms with E-state index in [9.17, 15) is 19.7 Å². The second kappa shape index (κ2) is 15.7. The fourth-order valence-electron chi connectivity index (χ4n) is 5.13. The van der Waals surface area contributed by atoms with Gasteiger partial charge in [0.25, 0.3) is 17.0 Å². The lowest BCUT2D eigenvalue weighted by Gasteiger charge is -2.15. The van der Waals surface area contributed by atoms with Crippen LogP contribution in [0.3, 0.4) is 0 Å². The first-order valence-corrected chi connectivity index (χ1v) is 15.4. The molecule has 1 heterocycles. The van der Waals surface area contributed by atoms with Crippen molar-refractivity contribution in [1.29, 1.82) is 0 Å². The number of carbonyl (C=O) groups is 2. The predicted octanol–water partition coefficient (Wildman–Crippen LogP) is 4.64. The van der Waals surface area contributed by atoms with Crippen LogP contribution in [0.2, 0.25) is 0 Å². The summed E-state index contributed by atoms with van der Waals surface area (Å²) < 4.78 is 18.2. The number of hydrazine groups is 1. The highest BCUT2D eigenvalue weighted by atomic mass is 16.9. The van der Waals surface area contributed by atoms with Crippen molar-refractivity contribution in [1.82, 2.24) is 14.7 Å². The molecule has 5 rings (SSSR count). The van der Waals surface area contributed by atoms with Gasteiger partial charge >= 0.3 is 5.97 Å². The number of imidazole rings is 1. The summed E-state index contributed by atoms with van der Waals surface area (Å²) in [4.78, 5) is 45.4. The Bertz CT molecular complexity index is 2030. The van der Waals surface area contributed by atoms with E-state index in [1.807, 2.05) is 47.9 Å². The Kier molecular flexibility index (Phi) is 11.0. The van der Waals surface area contributed by atoms with E-state index in [2.05, 4.69) is 14.9 Å². The number of amides is 1. The molecular weight excluding hydrogens is 646 g/mol. The predicted molar refractivity (Wildman–Crippen MR) is 183 cm³/mol. The van der Waals surface area contributed by atoms with E-state index in [1.54, 1.807) is 37.3 Å². The Morgan fingerprint density at radius 3 is 2.34 bits per heavy atom. The van der Waals surface area contributed by atoms with Crippen LogP contribution in [0.4, 0.5) is 0 Å². The van der Waals surface area contributed by atoms with Crippen LogP contribution in [0.1, 0.15) is 51.3 Å². The lowest BCUT2D eigenvalue weighted by atomic mass is 9.98. The number of esters is 1. The number of fused-ring (bicyclic) bond motifs is 1. The number of benzene rings is 4. The molecule has 1 amide bonds. The summed E-state index contributed by atoms with van der Waals surface area (Å²) in [6, 6.07) is 26.5. The minimum atomic E-state index is -0.895. The lowest BCUT2D eigenvalue weighted by molar-refractivity contribution is -0.763. The maximum Gasteiger partial charge on any atom is 0.342 e. The van der Waals surface area contributed by atoms with Gasteiger partial charge in [-0.3, -0.25) is 9.36 Å². The van der Waals surface area contributed by atoms with Gasteiger partial charge in [0, 0.05) is 18.2 Å². The lowest BCUT2D eigenvalue weighted by Crippen LogP contribution is -2.35. The molecule has 0 bridgehead atoms. The van der Waals surface area contributed by atoms with Crippen LogP contribution in [0.5, 0.6) is 6.01 Å². The molecule has 5 aromatic rings. The van der Waals surface area contributed by atoms with E-state index in [1.165, 1.54) is 31.4 Å². The van der Waals surface area contributed by atoms with Crippen LogP contribution in [-0.4, -0.2) is 57.5 Å². The average molecular weight is 682 g/mol. The number of nitrogens with zero attached hydrogens (tertiary/aromatic N) is 5. The van der Waals surface area contributed by atoms with Crippen molar-refractivity contribution in [3.63, 3.8) is 0 Å². The van der Waals surface area contributed by atoms with Gasteiger partial charge in [0.1, 0.15) is 6.61 Å². The third-order valence-electron chi connectivity index (χ3n) is 7.60. The standard InChI is InChI=1S/C35H35N7O8/c1-4-48-35-38-30-11-7-10-29(34(44)50-22(2)47-3)31(30)40(35)20-23-12-16-25(17-13-23)27-8-5-6-9-28(27)32(36)39-41(37)33(43)26-18-14-24(15-19-26)21-49-42(45)46/h5-19,22H,4,20-21,37H2,1-3H3,(H2,36,39). The van der Waals surface area contributed by atoms with Gasteiger partial charge in [-0.25, -0.2) is 10.6 Å². The van der Waals surface area contributed by atoms with Crippen LogP contribution < -0.4 is 16.3 Å². The van der Waals surface area contributed by atoms with E-state index in [0.29, 0.717) is 52.0 Å². The first kappa shape index (κ1) is 35.0. The molecule has 1 unspecified atom stereocenters. The van der Waals surface area contributed by atoms with Gasteiger partial charge in [0.2, 0.25) is 0 Å². The quantitative estimate of drug-likeness (QED) is 0.0242. The van der Waals surface area contributed by atoms with Crippen molar-refractivity contribution < 1.29 is 33.7 Å². The zero-order chi connectivity index (χ0) is 35.8. The number of aromatic nitrogens is 2. The highest BCUT2D eigenvalue weighted by Gasteiger charge is 2.22. The zero-order valence-electron chi connectivity index (χ0n) is 27.5. The number of amidine groups is 1.